The van der Waals surface area contributed by atoms with Crippen molar-refractivity contribution >= 4 is 17.7 Å². The number of hydrogen-bond acceptors (Lipinski definition) is 6. The van der Waals surface area contributed by atoms with Gasteiger partial charge in [-0.1, -0.05) is 0 Å². The van der Waals surface area contributed by atoms with Crippen molar-refractivity contribution < 1.29 is 14.3 Å². The minimum Gasteiger partial charge on any atom is -0.450 e. The average molecular weight is 375 g/mol. The first-order chi connectivity index (χ1) is 13.1. The van der Waals surface area contributed by atoms with Gasteiger partial charge >= 0.3 is 6.09 Å². The minimum absolute atomic E-state index is 0.00241. The van der Waals surface area contributed by atoms with Gasteiger partial charge in [0.25, 0.3) is 5.91 Å². The zero-order chi connectivity index (χ0) is 19.2. The lowest BCUT2D eigenvalue weighted by Crippen LogP contribution is -2.47. The number of anilines is 1. The molecule has 0 radical (unpaired) electrons. The van der Waals surface area contributed by atoms with E-state index in [2.05, 4.69) is 22.2 Å². The van der Waals surface area contributed by atoms with Gasteiger partial charge in [-0.05, 0) is 38.9 Å². The first kappa shape index (κ1) is 19.4. The molecule has 148 valence electrons. The third-order valence-corrected chi connectivity index (χ3v) is 5.16. The zero-order valence-corrected chi connectivity index (χ0v) is 16.2. The van der Waals surface area contributed by atoms with Crippen molar-refractivity contribution in [1.82, 2.24) is 19.7 Å². The van der Waals surface area contributed by atoms with Crippen molar-refractivity contribution in [2.75, 3.05) is 58.2 Å². The summed E-state index contributed by atoms with van der Waals surface area (Å²) in [5.41, 5.74) is 1.39. The molecule has 0 bridgehead atoms. The van der Waals surface area contributed by atoms with Crippen LogP contribution in [0.2, 0.25) is 0 Å². The molecule has 0 unspecified atom stereocenters. The van der Waals surface area contributed by atoms with Crippen molar-refractivity contribution in [1.29, 1.82) is 0 Å². The molecule has 2 saturated heterocycles. The summed E-state index contributed by atoms with van der Waals surface area (Å²) in [6.45, 7) is 6.88. The van der Waals surface area contributed by atoms with Crippen LogP contribution in [0.5, 0.6) is 0 Å². The maximum atomic E-state index is 12.5. The van der Waals surface area contributed by atoms with E-state index < -0.39 is 0 Å². The van der Waals surface area contributed by atoms with E-state index in [1.165, 1.54) is 0 Å². The number of pyridine rings is 1. The SMILES string of the molecule is CCOC(=O)N1CCC(Nc2ccc(C(=O)N3CCN(C)CC3)nc2)CC1. The van der Waals surface area contributed by atoms with Crippen LogP contribution in [-0.4, -0.2) is 90.6 Å². The molecule has 0 aliphatic carbocycles. The molecular formula is C19H29N5O3. The van der Waals surface area contributed by atoms with Crippen LogP contribution in [0, 0.1) is 0 Å². The van der Waals surface area contributed by atoms with E-state index in [1.54, 1.807) is 17.2 Å². The Morgan fingerprint density at radius 3 is 2.41 bits per heavy atom. The van der Waals surface area contributed by atoms with E-state index >= 15 is 0 Å². The molecule has 2 aliphatic rings. The topological polar surface area (TPSA) is 78.0 Å². The van der Waals surface area contributed by atoms with Crippen molar-refractivity contribution in [3.63, 3.8) is 0 Å². The van der Waals surface area contributed by atoms with Crippen molar-refractivity contribution in [3.8, 4) is 0 Å². The highest BCUT2D eigenvalue weighted by Crippen LogP contribution is 2.17. The predicted octanol–water partition coefficient (Wildman–Crippen LogP) is 1.50. The molecule has 3 rings (SSSR count). The lowest BCUT2D eigenvalue weighted by molar-refractivity contribution is 0.0658. The second-order valence-electron chi connectivity index (χ2n) is 7.13. The summed E-state index contributed by atoms with van der Waals surface area (Å²) < 4.78 is 5.04. The maximum absolute atomic E-state index is 12.5. The van der Waals surface area contributed by atoms with Crippen LogP contribution in [0.25, 0.3) is 0 Å². The maximum Gasteiger partial charge on any atom is 0.409 e. The number of carbonyl (C=O) groups is 2. The van der Waals surface area contributed by atoms with Crippen LogP contribution >= 0.6 is 0 Å². The van der Waals surface area contributed by atoms with Gasteiger partial charge in [0.1, 0.15) is 5.69 Å². The van der Waals surface area contributed by atoms with Gasteiger partial charge in [0.15, 0.2) is 0 Å². The van der Waals surface area contributed by atoms with E-state index in [-0.39, 0.29) is 18.0 Å². The van der Waals surface area contributed by atoms with Gasteiger partial charge in [-0.3, -0.25) is 4.79 Å². The van der Waals surface area contributed by atoms with E-state index in [0.29, 0.717) is 25.4 Å². The first-order valence-electron chi connectivity index (χ1n) is 9.69. The Labute approximate surface area is 160 Å². The fourth-order valence-corrected chi connectivity index (χ4v) is 3.43. The lowest BCUT2D eigenvalue weighted by Gasteiger charge is -2.32. The van der Waals surface area contributed by atoms with Gasteiger partial charge in [0.05, 0.1) is 18.5 Å². The summed E-state index contributed by atoms with van der Waals surface area (Å²) >= 11 is 0. The molecule has 3 heterocycles. The number of nitrogens with zero attached hydrogens (tertiary/aromatic N) is 4. The van der Waals surface area contributed by atoms with E-state index in [4.69, 9.17) is 4.74 Å². The summed E-state index contributed by atoms with van der Waals surface area (Å²) in [5.74, 6) is -0.00241. The second-order valence-corrected chi connectivity index (χ2v) is 7.13. The van der Waals surface area contributed by atoms with E-state index in [1.807, 2.05) is 17.9 Å². The molecule has 0 saturated carbocycles. The average Bonchev–Trinajstić information content (AvgIpc) is 2.69. The largest absolute Gasteiger partial charge is 0.450 e. The van der Waals surface area contributed by atoms with Gasteiger partial charge in [-0.15, -0.1) is 0 Å². The highest BCUT2D eigenvalue weighted by atomic mass is 16.6. The van der Waals surface area contributed by atoms with Crippen LogP contribution in [0.15, 0.2) is 18.3 Å². The molecule has 8 nitrogen and oxygen atoms in total. The van der Waals surface area contributed by atoms with Gasteiger partial charge < -0.3 is 24.8 Å². The third-order valence-electron chi connectivity index (χ3n) is 5.16. The van der Waals surface area contributed by atoms with Gasteiger partial charge in [-0.25, -0.2) is 9.78 Å². The van der Waals surface area contributed by atoms with Crippen LogP contribution in [0.1, 0.15) is 30.3 Å². The van der Waals surface area contributed by atoms with E-state index in [9.17, 15) is 9.59 Å². The number of aromatic nitrogens is 1. The Bertz CT molecular complexity index is 635. The number of piperidine rings is 1. The molecule has 2 fully saturated rings. The molecule has 1 N–H and O–H groups in total. The Hall–Kier alpha value is -2.35. The van der Waals surface area contributed by atoms with Gasteiger partial charge in [0, 0.05) is 45.3 Å². The highest BCUT2D eigenvalue weighted by molar-refractivity contribution is 5.92. The smallest absolute Gasteiger partial charge is 0.409 e. The Kier molecular flexibility index (Phi) is 6.49. The molecule has 0 spiro atoms. The summed E-state index contributed by atoms with van der Waals surface area (Å²) in [5, 5.41) is 3.45. The Morgan fingerprint density at radius 2 is 1.81 bits per heavy atom. The standard InChI is InChI=1S/C19H29N5O3/c1-3-27-19(26)24-8-6-15(7-9-24)21-16-4-5-17(20-14-16)18(25)23-12-10-22(2)11-13-23/h4-5,14-15,21H,3,6-13H2,1-2H3. The normalized spacial score (nSPS) is 19.0. The molecule has 8 heteroatoms. The lowest BCUT2D eigenvalue weighted by atomic mass is 10.1. The number of nitrogens with one attached hydrogen (secondary N) is 1. The summed E-state index contributed by atoms with van der Waals surface area (Å²) in [4.78, 5) is 34.5. The molecular weight excluding hydrogens is 346 g/mol. The Morgan fingerprint density at radius 1 is 1.11 bits per heavy atom. The van der Waals surface area contributed by atoms with Crippen LogP contribution < -0.4 is 5.32 Å². The Balaban J connectivity index is 1.48. The van der Waals surface area contributed by atoms with Crippen molar-refractivity contribution in [2.24, 2.45) is 0 Å². The minimum atomic E-state index is -0.232. The molecule has 2 aliphatic heterocycles. The number of carbonyl (C=O) groups excluding carboxylic acids is 2. The highest BCUT2D eigenvalue weighted by Gasteiger charge is 2.24. The molecule has 1 aromatic heterocycles. The number of likely N-dealkylation sites (N-methyl/N-ethyl adjacent to an activating group) is 1. The number of ether oxygens (including phenoxy) is 1. The molecule has 27 heavy (non-hydrogen) atoms. The van der Waals surface area contributed by atoms with E-state index in [0.717, 1.165) is 44.7 Å². The molecule has 1 aromatic rings. The number of amides is 2. The summed E-state index contributed by atoms with van der Waals surface area (Å²) in [6.07, 6.45) is 3.21. The monoisotopic (exact) mass is 375 g/mol. The first-order valence-corrected chi connectivity index (χ1v) is 9.69. The fraction of sp³-hybridized carbons (Fsp3) is 0.632. The van der Waals surface area contributed by atoms with Crippen molar-refractivity contribution in [3.05, 3.63) is 24.0 Å². The van der Waals surface area contributed by atoms with Crippen LogP contribution in [0.3, 0.4) is 0 Å². The van der Waals surface area contributed by atoms with Gasteiger partial charge in [0.2, 0.25) is 0 Å². The predicted molar refractivity (Wildman–Crippen MR) is 103 cm³/mol. The summed E-state index contributed by atoms with van der Waals surface area (Å²) in [7, 11) is 2.07. The second kappa shape index (κ2) is 9.03. The number of piperazine rings is 1. The number of hydrogen-bond donors (Lipinski definition) is 1. The van der Waals surface area contributed by atoms with Crippen LogP contribution in [0.4, 0.5) is 10.5 Å². The van der Waals surface area contributed by atoms with Crippen molar-refractivity contribution in [2.45, 2.75) is 25.8 Å². The summed E-state index contributed by atoms with van der Waals surface area (Å²) in [6, 6.07) is 3.99. The molecule has 0 atom stereocenters. The fourth-order valence-electron chi connectivity index (χ4n) is 3.43. The third kappa shape index (κ3) is 5.09. The number of likely N-dealkylation sites (tertiary alicyclic amines) is 1. The quantitative estimate of drug-likeness (QED) is 0.859. The molecule has 2 amide bonds. The zero-order valence-electron chi connectivity index (χ0n) is 16.2. The molecule has 0 aromatic carbocycles. The number of rotatable bonds is 4. The van der Waals surface area contributed by atoms with Gasteiger partial charge in [-0.2, -0.15) is 0 Å². The van der Waals surface area contributed by atoms with Crippen LogP contribution in [-0.2, 0) is 4.74 Å².